The van der Waals surface area contributed by atoms with Gasteiger partial charge in [0.25, 0.3) is 0 Å². The Bertz CT molecular complexity index is 821. The molecule has 0 atom stereocenters. The third kappa shape index (κ3) is 5.32. The molecule has 2 aromatic rings. The number of nitrogens with zero attached hydrogens (tertiary/aromatic N) is 1. The second-order valence-corrected chi connectivity index (χ2v) is 7.24. The van der Waals surface area contributed by atoms with Crippen molar-refractivity contribution in [2.75, 3.05) is 19.7 Å². The second kappa shape index (κ2) is 8.44. The topological polar surface area (TPSA) is 12.5 Å². The van der Waals surface area contributed by atoms with Crippen LogP contribution >= 0.6 is 15.9 Å². The van der Waals surface area contributed by atoms with Crippen LogP contribution in [0.3, 0.4) is 0 Å². The van der Waals surface area contributed by atoms with Crippen LogP contribution in [0.25, 0.3) is 0 Å². The quantitative estimate of drug-likeness (QED) is 0.426. The fourth-order valence-corrected chi connectivity index (χ4v) is 3.33. The van der Waals surface area contributed by atoms with Crippen molar-refractivity contribution < 1.29 is 22.3 Å². The summed E-state index contributed by atoms with van der Waals surface area (Å²) < 4.78 is 57.8. The van der Waals surface area contributed by atoms with Crippen LogP contribution in [0.15, 0.2) is 58.6 Å². The van der Waals surface area contributed by atoms with Gasteiger partial charge in [-0.05, 0) is 45.6 Å². The highest BCUT2D eigenvalue weighted by Crippen LogP contribution is 2.37. The Morgan fingerprint density at radius 1 is 1.11 bits per heavy atom. The van der Waals surface area contributed by atoms with Crippen molar-refractivity contribution in [3.05, 3.63) is 75.5 Å². The van der Waals surface area contributed by atoms with E-state index < -0.39 is 17.6 Å². The van der Waals surface area contributed by atoms with Crippen molar-refractivity contribution in [3.63, 3.8) is 0 Å². The van der Waals surface area contributed by atoms with E-state index in [2.05, 4.69) is 33.0 Å². The van der Waals surface area contributed by atoms with Crippen LogP contribution in [0, 0.1) is 5.82 Å². The summed E-state index contributed by atoms with van der Waals surface area (Å²) in [6.07, 6.45) is -1.95. The summed E-state index contributed by atoms with van der Waals surface area (Å²) in [5, 5.41) is 0. The molecule has 0 aromatic heterocycles. The average Bonchev–Trinajstić information content (AvgIpc) is 2.62. The van der Waals surface area contributed by atoms with Gasteiger partial charge in [0.1, 0.15) is 18.2 Å². The molecule has 0 N–H and O–H groups in total. The van der Waals surface area contributed by atoms with Gasteiger partial charge in [-0.2, -0.15) is 13.2 Å². The van der Waals surface area contributed by atoms with E-state index in [1.165, 1.54) is 5.56 Å². The third-order valence-corrected chi connectivity index (χ3v) is 5.00. The fourth-order valence-electron chi connectivity index (χ4n) is 2.90. The molecule has 0 bridgehead atoms. The summed E-state index contributed by atoms with van der Waals surface area (Å²) in [7, 11) is 0. The maximum absolute atomic E-state index is 13.5. The predicted octanol–water partition coefficient (Wildman–Crippen LogP) is 5.82. The first-order valence-electron chi connectivity index (χ1n) is 8.46. The first-order chi connectivity index (χ1) is 12.8. The molecular weight excluding hydrogens is 426 g/mol. The highest BCUT2D eigenvalue weighted by atomic mass is 79.9. The zero-order valence-corrected chi connectivity index (χ0v) is 16.0. The SMILES string of the molecule is Fc1cc(Br)c(OCC2=CCN(Cc3ccccc3)CC2)cc1C(F)(F)F. The Balaban J connectivity index is 1.59. The summed E-state index contributed by atoms with van der Waals surface area (Å²) >= 11 is 3.06. The van der Waals surface area contributed by atoms with E-state index in [1.54, 1.807) is 0 Å². The number of benzene rings is 2. The molecule has 1 heterocycles. The molecule has 0 fully saturated rings. The van der Waals surface area contributed by atoms with E-state index in [0.29, 0.717) is 6.07 Å². The summed E-state index contributed by atoms with van der Waals surface area (Å²) in [5.41, 5.74) is 0.928. The van der Waals surface area contributed by atoms with Crippen LogP contribution < -0.4 is 4.74 Å². The molecule has 0 aliphatic carbocycles. The molecule has 0 saturated heterocycles. The lowest BCUT2D eigenvalue weighted by atomic mass is 10.1. The summed E-state index contributed by atoms with van der Waals surface area (Å²) in [6, 6.07) is 11.6. The highest BCUT2D eigenvalue weighted by molar-refractivity contribution is 9.10. The number of hydrogen-bond acceptors (Lipinski definition) is 2. The number of halogens is 5. The molecular formula is C20H18BrF4NO. The minimum absolute atomic E-state index is 0.0173. The van der Waals surface area contributed by atoms with Crippen LogP contribution in [0.2, 0.25) is 0 Å². The molecule has 144 valence electrons. The minimum Gasteiger partial charge on any atom is -0.488 e. The zero-order valence-electron chi connectivity index (χ0n) is 14.4. The Kier molecular flexibility index (Phi) is 6.22. The first kappa shape index (κ1) is 19.9. The van der Waals surface area contributed by atoms with E-state index in [1.807, 2.05) is 24.3 Å². The number of alkyl halides is 3. The van der Waals surface area contributed by atoms with Crippen LogP contribution in [0.5, 0.6) is 5.75 Å². The number of hydrogen-bond donors (Lipinski definition) is 0. The van der Waals surface area contributed by atoms with Crippen LogP contribution in [-0.4, -0.2) is 24.6 Å². The van der Waals surface area contributed by atoms with Crippen LogP contribution in [-0.2, 0) is 12.7 Å². The van der Waals surface area contributed by atoms with Crippen molar-refractivity contribution in [3.8, 4) is 5.75 Å². The lowest BCUT2D eigenvalue weighted by Crippen LogP contribution is -2.29. The minimum atomic E-state index is -4.76. The van der Waals surface area contributed by atoms with Gasteiger partial charge in [0.05, 0.1) is 10.0 Å². The molecule has 0 amide bonds. The van der Waals surface area contributed by atoms with Gasteiger partial charge < -0.3 is 4.74 Å². The van der Waals surface area contributed by atoms with Gasteiger partial charge in [0.2, 0.25) is 0 Å². The van der Waals surface area contributed by atoms with E-state index in [-0.39, 0.29) is 16.8 Å². The zero-order chi connectivity index (χ0) is 19.4. The van der Waals surface area contributed by atoms with Crippen molar-refractivity contribution in [2.45, 2.75) is 19.1 Å². The van der Waals surface area contributed by atoms with Gasteiger partial charge >= 0.3 is 6.18 Å². The van der Waals surface area contributed by atoms with Crippen LogP contribution in [0.1, 0.15) is 17.5 Å². The van der Waals surface area contributed by atoms with Crippen molar-refractivity contribution in [2.24, 2.45) is 0 Å². The Morgan fingerprint density at radius 2 is 1.85 bits per heavy atom. The van der Waals surface area contributed by atoms with Gasteiger partial charge in [0, 0.05) is 19.6 Å². The first-order valence-corrected chi connectivity index (χ1v) is 9.25. The van der Waals surface area contributed by atoms with E-state index in [0.717, 1.165) is 37.7 Å². The van der Waals surface area contributed by atoms with Gasteiger partial charge in [0.15, 0.2) is 0 Å². The Labute approximate surface area is 163 Å². The number of ether oxygens (including phenoxy) is 1. The Hall–Kier alpha value is -1.86. The summed E-state index contributed by atoms with van der Waals surface area (Å²) in [6.45, 7) is 2.64. The normalized spacial score (nSPS) is 15.5. The van der Waals surface area contributed by atoms with Gasteiger partial charge in [-0.25, -0.2) is 4.39 Å². The molecule has 0 spiro atoms. The van der Waals surface area contributed by atoms with E-state index in [4.69, 9.17) is 4.74 Å². The molecule has 7 heteroatoms. The summed E-state index contributed by atoms with van der Waals surface area (Å²) in [5.74, 6) is -1.34. The maximum Gasteiger partial charge on any atom is 0.419 e. The molecule has 3 rings (SSSR count). The molecule has 27 heavy (non-hydrogen) atoms. The summed E-state index contributed by atoms with van der Waals surface area (Å²) in [4.78, 5) is 2.29. The van der Waals surface area contributed by atoms with Crippen molar-refractivity contribution in [1.82, 2.24) is 4.90 Å². The molecule has 0 unspecified atom stereocenters. The largest absolute Gasteiger partial charge is 0.488 e. The Morgan fingerprint density at radius 3 is 2.48 bits per heavy atom. The molecule has 1 aliphatic heterocycles. The van der Waals surface area contributed by atoms with Gasteiger partial charge in [-0.1, -0.05) is 36.4 Å². The lowest BCUT2D eigenvalue weighted by Gasteiger charge is -2.26. The molecule has 0 radical (unpaired) electrons. The standard InChI is InChI=1S/C20H18BrF4NO/c21-17-11-18(22)16(20(23,24)25)10-19(17)27-13-15-6-8-26(9-7-15)12-14-4-2-1-3-5-14/h1-6,10-11H,7-9,12-13H2. The van der Waals surface area contributed by atoms with Crippen molar-refractivity contribution >= 4 is 15.9 Å². The van der Waals surface area contributed by atoms with E-state index >= 15 is 0 Å². The smallest absolute Gasteiger partial charge is 0.419 e. The maximum atomic E-state index is 13.5. The van der Waals surface area contributed by atoms with Gasteiger partial charge in [-0.3, -0.25) is 4.90 Å². The molecule has 2 nitrogen and oxygen atoms in total. The lowest BCUT2D eigenvalue weighted by molar-refractivity contribution is -0.140. The average molecular weight is 444 g/mol. The molecule has 1 aliphatic rings. The molecule has 2 aromatic carbocycles. The molecule has 0 saturated carbocycles. The van der Waals surface area contributed by atoms with Gasteiger partial charge in [-0.15, -0.1) is 0 Å². The third-order valence-electron chi connectivity index (χ3n) is 4.38. The van der Waals surface area contributed by atoms with Crippen molar-refractivity contribution in [1.29, 1.82) is 0 Å². The fraction of sp³-hybridized carbons (Fsp3) is 0.300. The second-order valence-electron chi connectivity index (χ2n) is 6.38. The highest BCUT2D eigenvalue weighted by Gasteiger charge is 2.35. The monoisotopic (exact) mass is 443 g/mol. The number of rotatable bonds is 5. The van der Waals surface area contributed by atoms with Crippen LogP contribution in [0.4, 0.5) is 17.6 Å². The predicted molar refractivity (Wildman–Crippen MR) is 99.0 cm³/mol. The van der Waals surface area contributed by atoms with E-state index in [9.17, 15) is 17.6 Å².